The SMILES string of the molecule is CC[C@H](OC)C(=O)N[C@@H](C)c1ccc(F)cc1F. The van der Waals surface area contributed by atoms with Crippen LogP contribution in [-0.4, -0.2) is 19.1 Å². The van der Waals surface area contributed by atoms with Gasteiger partial charge in [-0.25, -0.2) is 8.78 Å². The molecule has 2 atom stereocenters. The number of carbonyl (C=O) groups is 1. The fraction of sp³-hybridized carbons (Fsp3) is 0.462. The van der Waals surface area contributed by atoms with Gasteiger partial charge in [0.15, 0.2) is 0 Å². The molecule has 1 amide bonds. The lowest BCUT2D eigenvalue weighted by Crippen LogP contribution is -2.37. The Morgan fingerprint density at radius 2 is 2.11 bits per heavy atom. The Kier molecular flexibility index (Phi) is 5.22. The normalized spacial score (nSPS) is 14.1. The fourth-order valence-electron chi connectivity index (χ4n) is 1.70. The highest BCUT2D eigenvalue weighted by Crippen LogP contribution is 2.18. The summed E-state index contributed by atoms with van der Waals surface area (Å²) in [6, 6.07) is 2.74. The second-order valence-corrected chi connectivity index (χ2v) is 4.03. The van der Waals surface area contributed by atoms with Crippen molar-refractivity contribution in [2.24, 2.45) is 0 Å². The van der Waals surface area contributed by atoms with Crippen molar-refractivity contribution in [1.82, 2.24) is 5.32 Å². The Labute approximate surface area is 105 Å². The van der Waals surface area contributed by atoms with Gasteiger partial charge < -0.3 is 10.1 Å². The summed E-state index contributed by atoms with van der Waals surface area (Å²) in [5.41, 5.74) is 0.246. The van der Waals surface area contributed by atoms with E-state index in [4.69, 9.17) is 4.74 Å². The second-order valence-electron chi connectivity index (χ2n) is 4.03. The van der Waals surface area contributed by atoms with E-state index in [2.05, 4.69) is 5.32 Å². The van der Waals surface area contributed by atoms with Gasteiger partial charge in [0.2, 0.25) is 5.91 Å². The molecule has 1 aromatic carbocycles. The van der Waals surface area contributed by atoms with E-state index >= 15 is 0 Å². The number of rotatable bonds is 5. The Morgan fingerprint density at radius 3 is 2.61 bits per heavy atom. The molecule has 0 saturated carbocycles. The molecule has 5 heteroatoms. The van der Waals surface area contributed by atoms with Crippen LogP contribution in [0.25, 0.3) is 0 Å². The van der Waals surface area contributed by atoms with Crippen molar-refractivity contribution in [1.29, 1.82) is 0 Å². The van der Waals surface area contributed by atoms with Crippen molar-refractivity contribution in [3.63, 3.8) is 0 Å². The van der Waals surface area contributed by atoms with Crippen molar-refractivity contribution in [2.45, 2.75) is 32.4 Å². The van der Waals surface area contributed by atoms with E-state index < -0.39 is 23.8 Å². The molecule has 1 rings (SSSR count). The highest BCUT2D eigenvalue weighted by molar-refractivity contribution is 5.81. The van der Waals surface area contributed by atoms with Crippen LogP contribution in [0.1, 0.15) is 31.9 Å². The largest absolute Gasteiger partial charge is 0.372 e. The highest BCUT2D eigenvalue weighted by atomic mass is 19.1. The summed E-state index contributed by atoms with van der Waals surface area (Å²) in [4.78, 5) is 11.7. The van der Waals surface area contributed by atoms with Crippen LogP contribution in [0.2, 0.25) is 0 Å². The van der Waals surface area contributed by atoms with Gasteiger partial charge in [-0.3, -0.25) is 4.79 Å². The van der Waals surface area contributed by atoms with Gasteiger partial charge in [-0.2, -0.15) is 0 Å². The molecule has 0 unspecified atom stereocenters. The maximum absolute atomic E-state index is 13.5. The van der Waals surface area contributed by atoms with Crippen LogP contribution in [0.4, 0.5) is 8.78 Å². The molecular formula is C13H17F2NO2. The Balaban J connectivity index is 2.76. The van der Waals surface area contributed by atoms with Gasteiger partial charge in [-0.05, 0) is 19.4 Å². The summed E-state index contributed by atoms with van der Waals surface area (Å²) in [5.74, 6) is -1.62. The molecule has 0 heterocycles. The van der Waals surface area contributed by atoms with Gasteiger partial charge in [-0.15, -0.1) is 0 Å². The molecule has 1 N–H and O–H groups in total. The molecule has 100 valence electrons. The van der Waals surface area contributed by atoms with Crippen LogP contribution >= 0.6 is 0 Å². The van der Waals surface area contributed by atoms with E-state index in [1.165, 1.54) is 13.2 Å². The predicted molar refractivity (Wildman–Crippen MR) is 64.0 cm³/mol. The summed E-state index contributed by atoms with van der Waals surface area (Å²) >= 11 is 0. The van der Waals surface area contributed by atoms with E-state index in [0.717, 1.165) is 12.1 Å². The number of hydrogen-bond donors (Lipinski definition) is 1. The average molecular weight is 257 g/mol. The summed E-state index contributed by atoms with van der Waals surface area (Å²) in [6.07, 6.45) is -0.0306. The highest BCUT2D eigenvalue weighted by Gasteiger charge is 2.19. The molecule has 0 radical (unpaired) electrons. The first kappa shape index (κ1) is 14.6. The Hall–Kier alpha value is -1.49. The molecule has 1 aromatic rings. The van der Waals surface area contributed by atoms with E-state index in [1.54, 1.807) is 6.92 Å². The first-order valence-electron chi connectivity index (χ1n) is 5.77. The summed E-state index contributed by atoms with van der Waals surface area (Å²) in [7, 11) is 1.44. The van der Waals surface area contributed by atoms with Crippen LogP contribution in [-0.2, 0) is 9.53 Å². The summed E-state index contributed by atoms with van der Waals surface area (Å²) < 4.78 is 31.2. The minimum Gasteiger partial charge on any atom is -0.372 e. The maximum Gasteiger partial charge on any atom is 0.249 e. The Morgan fingerprint density at radius 1 is 1.44 bits per heavy atom. The van der Waals surface area contributed by atoms with Gasteiger partial charge in [0, 0.05) is 18.7 Å². The molecule has 0 bridgehead atoms. The van der Waals surface area contributed by atoms with Crippen LogP contribution in [0.3, 0.4) is 0 Å². The lowest BCUT2D eigenvalue weighted by atomic mass is 10.1. The zero-order valence-corrected chi connectivity index (χ0v) is 10.7. The predicted octanol–water partition coefficient (Wildman–Crippen LogP) is 2.57. The number of carbonyl (C=O) groups excluding carboxylic acids is 1. The van der Waals surface area contributed by atoms with Crippen LogP contribution in [0.5, 0.6) is 0 Å². The van der Waals surface area contributed by atoms with E-state index in [9.17, 15) is 13.6 Å². The lowest BCUT2D eigenvalue weighted by molar-refractivity contribution is -0.131. The first-order chi connectivity index (χ1) is 8.49. The summed E-state index contributed by atoms with van der Waals surface area (Å²) in [6.45, 7) is 3.45. The van der Waals surface area contributed by atoms with Crippen molar-refractivity contribution < 1.29 is 18.3 Å². The zero-order chi connectivity index (χ0) is 13.7. The van der Waals surface area contributed by atoms with Gasteiger partial charge in [0.25, 0.3) is 0 Å². The van der Waals surface area contributed by atoms with Crippen molar-refractivity contribution in [2.75, 3.05) is 7.11 Å². The van der Waals surface area contributed by atoms with Gasteiger partial charge in [0.1, 0.15) is 17.7 Å². The molecule has 0 aromatic heterocycles. The maximum atomic E-state index is 13.5. The molecular weight excluding hydrogens is 240 g/mol. The third-order valence-electron chi connectivity index (χ3n) is 2.74. The quantitative estimate of drug-likeness (QED) is 0.880. The molecule has 3 nitrogen and oxygen atoms in total. The number of nitrogens with one attached hydrogen (secondary N) is 1. The number of ether oxygens (including phenoxy) is 1. The van der Waals surface area contributed by atoms with Crippen molar-refractivity contribution >= 4 is 5.91 Å². The van der Waals surface area contributed by atoms with Crippen molar-refractivity contribution in [3.8, 4) is 0 Å². The molecule has 0 saturated heterocycles. The standard InChI is InChI=1S/C13H17F2NO2/c1-4-12(18-3)13(17)16-8(2)10-6-5-9(14)7-11(10)15/h5-8,12H,4H2,1-3H3,(H,16,17)/t8-,12-/m0/s1. The number of methoxy groups -OCH3 is 1. The van der Waals surface area contributed by atoms with Gasteiger partial charge in [-0.1, -0.05) is 13.0 Å². The van der Waals surface area contributed by atoms with Crippen LogP contribution < -0.4 is 5.32 Å². The Bertz CT molecular complexity index is 419. The minimum atomic E-state index is -0.673. The number of amides is 1. The third kappa shape index (κ3) is 3.50. The van der Waals surface area contributed by atoms with Crippen LogP contribution in [0, 0.1) is 11.6 Å². The lowest BCUT2D eigenvalue weighted by Gasteiger charge is -2.19. The molecule has 0 aliphatic carbocycles. The topological polar surface area (TPSA) is 38.3 Å². The van der Waals surface area contributed by atoms with Crippen LogP contribution in [0.15, 0.2) is 18.2 Å². The zero-order valence-electron chi connectivity index (χ0n) is 10.7. The molecule has 0 aliphatic rings. The van der Waals surface area contributed by atoms with Gasteiger partial charge in [0.05, 0.1) is 6.04 Å². The van der Waals surface area contributed by atoms with E-state index in [1.807, 2.05) is 6.92 Å². The minimum absolute atomic E-state index is 0.246. The smallest absolute Gasteiger partial charge is 0.249 e. The fourth-order valence-corrected chi connectivity index (χ4v) is 1.70. The second kappa shape index (κ2) is 6.44. The summed E-state index contributed by atoms with van der Waals surface area (Å²) in [5, 5.41) is 2.63. The van der Waals surface area contributed by atoms with Crippen molar-refractivity contribution in [3.05, 3.63) is 35.4 Å². The molecule has 0 fully saturated rings. The molecule has 0 spiro atoms. The van der Waals surface area contributed by atoms with E-state index in [-0.39, 0.29) is 11.5 Å². The number of benzene rings is 1. The van der Waals surface area contributed by atoms with Gasteiger partial charge >= 0.3 is 0 Å². The number of hydrogen-bond acceptors (Lipinski definition) is 2. The monoisotopic (exact) mass is 257 g/mol. The average Bonchev–Trinajstić information content (AvgIpc) is 2.30. The third-order valence-corrected chi connectivity index (χ3v) is 2.74. The first-order valence-corrected chi connectivity index (χ1v) is 5.77. The molecule has 18 heavy (non-hydrogen) atoms. The van der Waals surface area contributed by atoms with E-state index in [0.29, 0.717) is 6.42 Å². The molecule has 0 aliphatic heterocycles. The number of halogens is 2.